The SMILES string of the molecule is Cl.O=C(C1CCCN1C(=O)c1cc(Cl)ccc1Cl)N1C[C@H]2CNC[C@H]2C1. The molecule has 3 aliphatic rings. The number of amides is 2. The van der Waals surface area contributed by atoms with E-state index in [1.54, 1.807) is 23.1 Å². The van der Waals surface area contributed by atoms with Crippen molar-refractivity contribution in [2.75, 3.05) is 32.7 Å². The second kappa shape index (κ2) is 7.93. The third-order valence-corrected chi connectivity index (χ3v) is 6.22. The number of carbonyl (C=O) groups is 2. The molecular weight excluding hydrogens is 397 g/mol. The summed E-state index contributed by atoms with van der Waals surface area (Å²) in [7, 11) is 0. The van der Waals surface area contributed by atoms with Crippen LogP contribution in [0.5, 0.6) is 0 Å². The third kappa shape index (κ3) is 3.55. The number of rotatable bonds is 2. The van der Waals surface area contributed by atoms with Gasteiger partial charge in [-0.05, 0) is 42.9 Å². The van der Waals surface area contributed by atoms with Crippen LogP contribution in [0.25, 0.3) is 0 Å². The summed E-state index contributed by atoms with van der Waals surface area (Å²) in [5.41, 5.74) is 0.372. The van der Waals surface area contributed by atoms with E-state index in [-0.39, 0.29) is 30.3 Å². The van der Waals surface area contributed by atoms with Gasteiger partial charge >= 0.3 is 0 Å². The van der Waals surface area contributed by atoms with Crippen molar-refractivity contribution in [1.82, 2.24) is 15.1 Å². The highest BCUT2D eigenvalue weighted by molar-refractivity contribution is 6.35. The van der Waals surface area contributed by atoms with Crippen molar-refractivity contribution in [3.8, 4) is 0 Å². The molecule has 3 aliphatic heterocycles. The molecule has 5 nitrogen and oxygen atoms in total. The quantitative estimate of drug-likeness (QED) is 0.803. The van der Waals surface area contributed by atoms with Gasteiger partial charge in [-0.15, -0.1) is 12.4 Å². The fourth-order valence-corrected chi connectivity index (χ4v) is 4.70. The lowest BCUT2D eigenvalue weighted by molar-refractivity contribution is -0.134. The summed E-state index contributed by atoms with van der Waals surface area (Å²) in [6, 6.07) is 4.48. The van der Waals surface area contributed by atoms with Gasteiger partial charge in [0.1, 0.15) is 6.04 Å². The lowest BCUT2D eigenvalue weighted by Crippen LogP contribution is -2.47. The first-order valence-electron chi connectivity index (χ1n) is 8.80. The van der Waals surface area contributed by atoms with Crippen molar-refractivity contribution < 1.29 is 9.59 Å². The van der Waals surface area contributed by atoms with Crippen molar-refractivity contribution in [2.24, 2.45) is 11.8 Å². The largest absolute Gasteiger partial charge is 0.340 e. The van der Waals surface area contributed by atoms with Crippen molar-refractivity contribution in [1.29, 1.82) is 0 Å². The summed E-state index contributed by atoms with van der Waals surface area (Å²) >= 11 is 12.2. The molecule has 3 saturated heterocycles. The summed E-state index contributed by atoms with van der Waals surface area (Å²) in [5.74, 6) is 0.983. The second-order valence-corrected chi connectivity index (χ2v) is 8.05. The minimum absolute atomic E-state index is 0. The maximum absolute atomic E-state index is 13.0. The number of carbonyl (C=O) groups excluding carboxylic acids is 2. The van der Waals surface area contributed by atoms with Crippen LogP contribution in [-0.4, -0.2) is 60.4 Å². The van der Waals surface area contributed by atoms with Crippen LogP contribution in [-0.2, 0) is 4.79 Å². The van der Waals surface area contributed by atoms with Gasteiger partial charge < -0.3 is 15.1 Å². The number of nitrogens with zero attached hydrogens (tertiary/aromatic N) is 2. The predicted molar refractivity (Wildman–Crippen MR) is 104 cm³/mol. The van der Waals surface area contributed by atoms with E-state index >= 15 is 0 Å². The Labute approximate surface area is 169 Å². The number of hydrogen-bond acceptors (Lipinski definition) is 3. The van der Waals surface area contributed by atoms with Crippen LogP contribution in [0.4, 0.5) is 0 Å². The van der Waals surface area contributed by atoms with Gasteiger partial charge in [-0.1, -0.05) is 23.2 Å². The van der Waals surface area contributed by atoms with Crippen LogP contribution in [0.3, 0.4) is 0 Å². The zero-order valence-corrected chi connectivity index (χ0v) is 16.6. The molecule has 3 atom stereocenters. The number of fused-ring (bicyclic) bond motifs is 1. The maximum Gasteiger partial charge on any atom is 0.256 e. The Bertz CT molecular complexity index is 703. The van der Waals surface area contributed by atoms with Crippen molar-refractivity contribution in [3.63, 3.8) is 0 Å². The number of nitrogens with one attached hydrogen (secondary N) is 1. The molecule has 0 spiro atoms. The van der Waals surface area contributed by atoms with Gasteiger partial charge in [0.2, 0.25) is 5.91 Å². The summed E-state index contributed by atoms with van der Waals surface area (Å²) in [6.45, 7) is 4.15. The van der Waals surface area contributed by atoms with Crippen LogP contribution in [0.1, 0.15) is 23.2 Å². The van der Waals surface area contributed by atoms with Crippen molar-refractivity contribution in [2.45, 2.75) is 18.9 Å². The summed E-state index contributed by atoms with van der Waals surface area (Å²) in [4.78, 5) is 29.6. The lowest BCUT2D eigenvalue weighted by atomic mass is 10.0. The van der Waals surface area contributed by atoms with E-state index in [2.05, 4.69) is 5.32 Å². The van der Waals surface area contributed by atoms with E-state index in [1.165, 1.54) is 0 Å². The first kappa shape index (κ1) is 19.7. The van der Waals surface area contributed by atoms with E-state index in [4.69, 9.17) is 23.2 Å². The molecule has 1 unspecified atom stereocenters. The summed E-state index contributed by atoms with van der Waals surface area (Å²) in [5, 5.41) is 4.22. The molecule has 0 aromatic heterocycles. The number of benzene rings is 1. The minimum atomic E-state index is -0.380. The Kier molecular flexibility index (Phi) is 6.02. The molecule has 8 heteroatoms. The van der Waals surface area contributed by atoms with E-state index in [0.29, 0.717) is 40.4 Å². The first-order valence-corrected chi connectivity index (χ1v) is 9.55. The molecule has 142 valence electrons. The normalized spacial score (nSPS) is 27.4. The molecule has 4 rings (SSSR count). The van der Waals surface area contributed by atoms with Gasteiger partial charge in [-0.2, -0.15) is 0 Å². The Morgan fingerprint density at radius 1 is 1.12 bits per heavy atom. The lowest BCUT2D eigenvalue weighted by Gasteiger charge is -2.28. The van der Waals surface area contributed by atoms with Crippen LogP contribution in [0.2, 0.25) is 10.0 Å². The fourth-order valence-electron chi connectivity index (χ4n) is 4.33. The zero-order valence-electron chi connectivity index (χ0n) is 14.3. The first-order chi connectivity index (χ1) is 12.0. The number of likely N-dealkylation sites (tertiary alicyclic amines) is 2. The fraction of sp³-hybridized carbons (Fsp3) is 0.556. The van der Waals surface area contributed by atoms with E-state index in [9.17, 15) is 9.59 Å². The van der Waals surface area contributed by atoms with Crippen molar-refractivity contribution in [3.05, 3.63) is 33.8 Å². The standard InChI is InChI=1S/C18H21Cl2N3O2.ClH/c19-13-3-4-15(20)14(6-13)17(24)23-5-1-2-16(23)18(25)22-9-11-7-21-8-12(11)10-22;/h3-4,6,11-12,16,21H,1-2,5,7-10H2;1H/t11-,12+,16?;. The number of hydrogen-bond donors (Lipinski definition) is 1. The monoisotopic (exact) mass is 417 g/mol. The van der Waals surface area contributed by atoms with Gasteiger partial charge in [-0.3, -0.25) is 9.59 Å². The molecule has 0 bridgehead atoms. The van der Waals surface area contributed by atoms with Crippen LogP contribution in [0.15, 0.2) is 18.2 Å². The molecule has 0 radical (unpaired) electrons. The van der Waals surface area contributed by atoms with Gasteiger partial charge in [0.25, 0.3) is 5.91 Å². The highest BCUT2D eigenvalue weighted by Crippen LogP contribution is 2.31. The molecule has 1 aromatic rings. The average molecular weight is 419 g/mol. The Hall–Kier alpha value is -1.01. The minimum Gasteiger partial charge on any atom is -0.340 e. The van der Waals surface area contributed by atoms with Gasteiger partial charge in [0.15, 0.2) is 0 Å². The van der Waals surface area contributed by atoms with Gasteiger partial charge in [0, 0.05) is 37.7 Å². The number of halogens is 3. The maximum atomic E-state index is 13.0. The predicted octanol–water partition coefficient (Wildman–Crippen LogP) is 2.70. The summed E-state index contributed by atoms with van der Waals surface area (Å²) < 4.78 is 0. The average Bonchev–Trinajstić information content (AvgIpc) is 3.30. The smallest absolute Gasteiger partial charge is 0.256 e. The molecule has 1 aromatic carbocycles. The molecule has 3 heterocycles. The van der Waals surface area contributed by atoms with E-state index < -0.39 is 0 Å². The molecule has 0 saturated carbocycles. The molecule has 26 heavy (non-hydrogen) atoms. The van der Waals surface area contributed by atoms with Crippen LogP contribution < -0.4 is 5.32 Å². The molecule has 2 amide bonds. The Morgan fingerprint density at radius 3 is 2.50 bits per heavy atom. The summed E-state index contributed by atoms with van der Waals surface area (Å²) in [6.07, 6.45) is 1.55. The van der Waals surface area contributed by atoms with Gasteiger partial charge in [-0.25, -0.2) is 0 Å². The van der Waals surface area contributed by atoms with Crippen LogP contribution in [0, 0.1) is 11.8 Å². The third-order valence-electron chi connectivity index (χ3n) is 5.66. The Morgan fingerprint density at radius 2 is 1.81 bits per heavy atom. The molecule has 3 fully saturated rings. The van der Waals surface area contributed by atoms with Crippen molar-refractivity contribution >= 4 is 47.4 Å². The highest BCUT2D eigenvalue weighted by atomic mass is 35.5. The zero-order chi connectivity index (χ0) is 17.6. The molecular formula is C18H22Cl3N3O2. The van der Waals surface area contributed by atoms with E-state index in [1.807, 2.05) is 4.90 Å². The van der Waals surface area contributed by atoms with Crippen LogP contribution >= 0.6 is 35.6 Å². The van der Waals surface area contributed by atoms with E-state index in [0.717, 1.165) is 32.6 Å². The van der Waals surface area contributed by atoms with Gasteiger partial charge in [0.05, 0.1) is 10.6 Å². The Balaban J connectivity index is 0.00000196. The molecule has 1 N–H and O–H groups in total. The topological polar surface area (TPSA) is 52.7 Å². The second-order valence-electron chi connectivity index (χ2n) is 7.20. The molecule has 0 aliphatic carbocycles. The highest BCUT2D eigenvalue weighted by Gasteiger charge is 2.43.